The molecule has 0 spiro atoms. The molecule has 4 heteroatoms. The Balaban J connectivity index is 2.57. The Morgan fingerprint density at radius 2 is 2.17 bits per heavy atom. The first-order valence-electron chi connectivity index (χ1n) is 4.36. The van der Waals surface area contributed by atoms with Crippen LogP contribution in [0.3, 0.4) is 0 Å². The Morgan fingerprint density at radius 1 is 1.42 bits per heavy atom. The van der Waals surface area contributed by atoms with Crippen molar-refractivity contribution in [2.75, 3.05) is 13.2 Å². The molecule has 1 amide bonds. The highest BCUT2D eigenvalue weighted by Crippen LogP contribution is 2.16. The fourth-order valence-corrected chi connectivity index (χ4v) is 1.62. The number of rotatable bonds is 1. The zero-order valence-electron chi connectivity index (χ0n) is 7.07. The third-order valence-electron chi connectivity index (χ3n) is 2.33. The molecule has 2 N–H and O–H groups in total. The molecule has 0 aromatic carbocycles. The molecule has 0 saturated carbocycles. The number of aliphatic hydroxyl groups excluding tert-OH is 1. The van der Waals surface area contributed by atoms with Gasteiger partial charge in [-0.2, -0.15) is 0 Å². The van der Waals surface area contributed by atoms with Crippen molar-refractivity contribution in [1.29, 1.82) is 0 Å². The summed E-state index contributed by atoms with van der Waals surface area (Å²) in [7, 11) is 0. The van der Waals surface area contributed by atoms with Gasteiger partial charge in [0.05, 0.1) is 12.6 Å². The van der Waals surface area contributed by atoms with Crippen LogP contribution >= 0.6 is 0 Å². The summed E-state index contributed by atoms with van der Waals surface area (Å²) < 4.78 is 0. The molecular weight excluding hydrogens is 158 g/mol. The minimum Gasteiger partial charge on any atom is -0.465 e. The Bertz CT molecular complexity index is 160. The number of hydrogen-bond donors (Lipinski definition) is 2. The highest BCUT2D eigenvalue weighted by atomic mass is 16.4. The first kappa shape index (κ1) is 9.32. The van der Waals surface area contributed by atoms with Crippen LogP contribution in [0.25, 0.3) is 0 Å². The van der Waals surface area contributed by atoms with E-state index in [1.807, 2.05) is 0 Å². The maximum absolute atomic E-state index is 10.7. The summed E-state index contributed by atoms with van der Waals surface area (Å²) in [5.41, 5.74) is 0. The van der Waals surface area contributed by atoms with Gasteiger partial charge in [0, 0.05) is 6.54 Å². The number of nitrogens with zero attached hydrogens (tertiary/aromatic N) is 1. The maximum Gasteiger partial charge on any atom is 0.407 e. The van der Waals surface area contributed by atoms with Crippen LogP contribution in [0.4, 0.5) is 4.79 Å². The first-order valence-corrected chi connectivity index (χ1v) is 4.36. The van der Waals surface area contributed by atoms with Crippen LogP contribution < -0.4 is 0 Å². The lowest BCUT2D eigenvalue weighted by atomic mass is 10.1. The van der Waals surface area contributed by atoms with Crippen molar-refractivity contribution in [3.63, 3.8) is 0 Å². The second-order valence-corrected chi connectivity index (χ2v) is 3.16. The molecule has 1 saturated heterocycles. The number of carbonyl (C=O) groups is 1. The van der Waals surface area contributed by atoms with Gasteiger partial charge in [0.15, 0.2) is 0 Å². The van der Waals surface area contributed by atoms with Gasteiger partial charge in [0.25, 0.3) is 0 Å². The van der Waals surface area contributed by atoms with Crippen molar-refractivity contribution in [3.05, 3.63) is 0 Å². The molecule has 0 aromatic rings. The first-order chi connectivity index (χ1) is 5.75. The summed E-state index contributed by atoms with van der Waals surface area (Å²) in [5.74, 6) is 0. The molecule has 4 nitrogen and oxygen atoms in total. The SMILES string of the molecule is O=C(O)N1CCCCCC1CO. The standard InChI is InChI=1S/C8H15NO3/c10-6-7-4-2-1-3-5-9(7)8(11)12/h7,10H,1-6H2,(H,11,12). The highest BCUT2D eigenvalue weighted by Gasteiger charge is 2.23. The molecule has 1 atom stereocenters. The topological polar surface area (TPSA) is 60.8 Å². The van der Waals surface area contributed by atoms with E-state index in [9.17, 15) is 4.79 Å². The van der Waals surface area contributed by atoms with Crippen molar-refractivity contribution in [2.24, 2.45) is 0 Å². The smallest absolute Gasteiger partial charge is 0.407 e. The summed E-state index contributed by atoms with van der Waals surface area (Å²) in [6.07, 6.45) is 2.90. The summed E-state index contributed by atoms with van der Waals surface area (Å²) >= 11 is 0. The van der Waals surface area contributed by atoms with Crippen LogP contribution in [0.2, 0.25) is 0 Å². The van der Waals surface area contributed by atoms with E-state index < -0.39 is 6.09 Å². The second-order valence-electron chi connectivity index (χ2n) is 3.16. The number of hydrogen-bond acceptors (Lipinski definition) is 2. The minimum atomic E-state index is -0.907. The zero-order valence-corrected chi connectivity index (χ0v) is 7.07. The van der Waals surface area contributed by atoms with Gasteiger partial charge in [-0.15, -0.1) is 0 Å². The molecule has 1 aliphatic rings. The summed E-state index contributed by atoms with van der Waals surface area (Å²) in [6.45, 7) is 0.521. The van der Waals surface area contributed by atoms with Gasteiger partial charge in [-0.25, -0.2) is 4.79 Å². The Morgan fingerprint density at radius 3 is 2.75 bits per heavy atom. The van der Waals surface area contributed by atoms with Gasteiger partial charge < -0.3 is 15.1 Å². The predicted molar refractivity (Wildman–Crippen MR) is 44.1 cm³/mol. The van der Waals surface area contributed by atoms with E-state index >= 15 is 0 Å². The summed E-state index contributed by atoms with van der Waals surface area (Å²) in [6, 6.07) is -0.176. The third-order valence-corrected chi connectivity index (χ3v) is 2.33. The zero-order chi connectivity index (χ0) is 8.97. The van der Waals surface area contributed by atoms with Gasteiger partial charge in [-0.05, 0) is 12.8 Å². The Hall–Kier alpha value is -0.770. The fourth-order valence-electron chi connectivity index (χ4n) is 1.62. The number of amides is 1. The van der Waals surface area contributed by atoms with E-state index in [4.69, 9.17) is 10.2 Å². The van der Waals surface area contributed by atoms with Crippen molar-refractivity contribution < 1.29 is 15.0 Å². The lowest BCUT2D eigenvalue weighted by molar-refractivity contribution is 0.0989. The number of aliphatic hydroxyl groups is 1. The molecule has 1 unspecified atom stereocenters. The van der Waals surface area contributed by atoms with Gasteiger partial charge in [0.2, 0.25) is 0 Å². The molecule has 12 heavy (non-hydrogen) atoms. The minimum absolute atomic E-state index is 0.0493. The van der Waals surface area contributed by atoms with Crippen LogP contribution in [0.15, 0.2) is 0 Å². The van der Waals surface area contributed by atoms with E-state index in [-0.39, 0.29) is 12.6 Å². The van der Waals surface area contributed by atoms with Gasteiger partial charge in [0.1, 0.15) is 0 Å². The van der Waals surface area contributed by atoms with E-state index in [0.717, 1.165) is 25.7 Å². The van der Waals surface area contributed by atoms with Gasteiger partial charge in [-0.3, -0.25) is 0 Å². The fraction of sp³-hybridized carbons (Fsp3) is 0.875. The summed E-state index contributed by atoms with van der Waals surface area (Å²) in [4.78, 5) is 12.0. The van der Waals surface area contributed by atoms with Gasteiger partial charge in [-0.1, -0.05) is 12.8 Å². The molecular formula is C8H15NO3. The largest absolute Gasteiger partial charge is 0.465 e. The lowest BCUT2D eigenvalue weighted by Gasteiger charge is -2.25. The average Bonchev–Trinajstić information content (AvgIpc) is 2.27. The summed E-state index contributed by atoms with van der Waals surface area (Å²) in [5, 5.41) is 17.7. The molecule has 1 heterocycles. The van der Waals surface area contributed by atoms with Crippen LogP contribution in [-0.4, -0.2) is 40.4 Å². The van der Waals surface area contributed by atoms with E-state index in [0.29, 0.717) is 6.54 Å². The van der Waals surface area contributed by atoms with Crippen molar-refractivity contribution in [2.45, 2.75) is 31.7 Å². The van der Waals surface area contributed by atoms with E-state index in [1.165, 1.54) is 4.90 Å². The molecule has 0 aliphatic carbocycles. The van der Waals surface area contributed by atoms with Crippen molar-refractivity contribution >= 4 is 6.09 Å². The average molecular weight is 173 g/mol. The quantitative estimate of drug-likeness (QED) is 0.619. The van der Waals surface area contributed by atoms with Crippen molar-refractivity contribution in [3.8, 4) is 0 Å². The van der Waals surface area contributed by atoms with E-state index in [2.05, 4.69) is 0 Å². The molecule has 1 rings (SSSR count). The van der Waals surface area contributed by atoms with Crippen LogP contribution in [0.5, 0.6) is 0 Å². The second kappa shape index (κ2) is 4.30. The van der Waals surface area contributed by atoms with E-state index in [1.54, 1.807) is 0 Å². The van der Waals surface area contributed by atoms with Gasteiger partial charge >= 0.3 is 6.09 Å². The third kappa shape index (κ3) is 2.11. The molecule has 1 aliphatic heterocycles. The van der Waals surface area contributed by atoms with Crippen LogP contribution in [-0.2, 0) is 0 Å². The normalized spacial score (nSPS) is 25.1. The Kier molecular flexibility index (Phi) is 3.34. The predicted octanol–water partition coefficient (Wildman–Crippen LogP) is 0.901. The molecule has 0 bridgehead atoms. The number of likely N-dealkylation sites (tertiary alicyclic amines) is 1. The van der Waals surface area contributed by atoms with Crippen LogP contribution in [0.1, 0.15) is 25.7 Å². The van der Waals surface area contributed by atoms with Crippen LogP contribution in [0, 0.1) is 0 Å². The van der Waals surface area contributed by atoms with Crippen molar-refractivity contribution in [1.82, 2.24) is 4.90 Å². The maximum atomic E-state index is 10.7. The lowest BCUT2D eigenvalue weighted by Crippen LogP contribution is -2.41. The molecule has 0 aromatic heterocycles. The Labute approximate surface area is 71.8 Å². The molecule has 70 valence electrons. The highest BCUT2D eigenvalue weighted by molar-refractivity contribution is 5.65. The monoisotopic (exact) mass is 173 g/mol. The number of carboxylic acid groups (broad SMARTS) is 1. The molecule has 0 radical (unpaired) electrons. The molecule has 1 fully saturated rings.